The molecule has 1 aliphatic carbocycles. The standard InChI is InChI=1S/C12H17FO.C3H8.C2H6/c1-4-10(3)14-12-8-9(2)6-5-7-11(12)13;1-3-2;1-2/h5-6,8,10H,4,7H2,1-3H3;3H2,1-2H3;1-2H3. The zero-order valence-electron chi connectivity index (χ0n) is 13.7. The summed E-state index contributed by atoms with van der Waals surface area (Å²) >= 11 is 0. The highest BCUT2D eigenvalue weighted by Gasteiger charge is 2.10. The normalized spacial score (nSPS) is 15.3. The molecule has 0 saturated carbocycles. The number of ether oxygens (including phenoxy) is 1. The second-order valence-electron chi connectivity index (χ2n) is 4.31. The van der Waals surface area contributed by atoms with E-state index in [2.05, 4.69) is 13.8 Å². The molecule has 2 heteroatoms. The van der Waals surface area contributed by atoms with E-state index in [9.17, 15) is 4.39 Å². The molecule has 0 bridgehead atoms. The topological polar surface area (TPSA) is 9.23 Å². The van der Waals surface area contributed by atoms with Crippen molar-refractivity contribution in [3.63, 3.8) is 0 Å². The SMILES string of the molecule is CC.CCC.CCC(C)OC1=C(F)CC=CC(C)=C1. The molecule has 0 amide bonds. The molecule has 0 heterocycles. The van der Waals surface area contributed by atoms with Crippen LogP contribution in [0.4, 0.5) is 4.39 Å². The Morgan fingerprint density at radius 3 is 2.26 bits per heavy atom. The molecule has 0 aromatic heterocycles. The molecule has 112 valence electrons. The first-order chi connectivity index (χ1) is 9.04. The molecule has 0 aliphatic heterocycles. The fourth-order valence-electron chi connectivity index (χ4n) is 1.18. The molecule has 0 fully saturated rings. The third kappa shape index (κ3) is 10.5. The maximum absolute atomic E-state index is 13.4. The lowest BCUT2D eigenvalue weighted by Crippen LogP contribution is -2.06. The van der Waals surface area contributed by atoms with E-state index in [0.717, 1.165) is 12.0 Å². The second-order valence-corrected chi connectivity index (χ2v) is 4.31. The predicted octanol–water partition coefficient (Wildman–Crippen LogP) is 6.33. The molecular formula is C17H31FO. The van der Waals surface area contributed by atoms with E-state index in [1.807, 2.05) is 46.8 Å². The first-order valence-corrected chi connectivity index (χ1v) is 7.45. The minimum absolute atomic E-state index is 0.0675. The summed E-state index contributed by atoms with van der Waals surface area (Å²) in [5.41, 5.74) is 1.02. The van der Waals surface area contributed by atoms with Gasteiger partial charge in [0.2, 0.25) is 0 Å². The maximum atomic E-state index is 13.4. The van der Waals surface area contributed by atoms with E-state index in [-0.39, 0.29) is 11.9 Å². The van der Waals surface area contributed by atoms with Crippen LogP contribution in [0, 0.1) is 0 Å². The monoisotopic (exact) mass is 270 g/mol. The van der Waals surface area contributed by atoms with Gasteiger partial charge >= 0.3 is 0 Å². The zero-order chi connectivity index (χ0) is 15.3. The molecule has 1 aliphatic rings. The summed E-state index contributed by atoms with van der Waals surface area (Å²) in [5.74, 6) is 0.209. The van der Waals surface area contributed by atoms with Crippen molar-refractivity contribution < 1.29 is 9.13 Å². The predicted molar refractivity (Wildman–Crippen MR) is 83.8 cm³/mol. The van der Waals surface area contributed by atoms with Gasteiger partial charge in [-0.1, -0.05) is 53.2 Å². The van der Waals surface area contributed by atoms with Crippen molar-refractivity contribution in [2.45, 2.75) is 73.8 Å². The lowest BCUT2D eigenvalue weighted by atomic mass is 10.2. The molecule has 0 saturated heterocycles. The Morgan fingerprint density at radius 2 is 1.79 bits per heavy atom. The summed E-state index contributed by atoms with van der Waals surface area (Å²) in [6.45, 7) is 14.2. The summed E-state index contributed by atoms with van der Waals surface area (Å²) in [6, 6.07) is 0. The van der Waals surface area contributed by atoms with Crippen LogP contribution < -0.4 is 0 Å². The van der Waals surface area contributed by atoms with Crippen LogP contribution in [0.3, 0.4) is 0 Å². The fraction of sp³-hybridized carbons (Fsp3) is 0.647. The van der Waals surface area contributed by atoms with Gasteiger partial charge in [-0.15, -0.1) is 0 Å². The quantitative estimate of drug-likeness (QED) is 0.582. The van der Waals surface area contributed by atoms with E-state index in [0.29, 0.717) is 12.2 Å². The van der Waals surface area contributed by atoms with Gasteiger partial charge in [-0.3, -0.25) is 0 Å². The van der Waals surface area contributed by atoms with Crippen LogP contribution >= 0.6 is 0 Å². The van der Waals surface area contributed by atoms with Crippen molar-refractivity contribution in [2.75, 3.05) is 0 Å². The molecule has 0 aromatic carbocycles. The highest BCUT2D eigenvalue weighted by molar-refractivity contribution is 5.31. The number of hydrogen-bond acceptors (Lipinski definition) is 1. The van der Waals surface area contributed by atoms with Gasteiger partial charge in [0.05, 0.1) is 6.10 Å². The second kappa shape index (κ2) is 13.4. The summed E-state index contributed by atoms with van der Waals surface area (Å²) in [7, 11) is 0. The molecule has 1 atom stereocenters. The van der Waals surface area contributed by atoms with Crippen molar-refractivity contribution in [1.29, 1.82) is 0 Å². The molecule has 1 rings (SSSR count). The van der Waals surface area contributed by atoms with Gasteiger partial charge in [-0.25, -0.2) is 4.39 Å². The average Bonchev–Trinajstić information content (AvgIpc) is 2.55. The molecule has 19 heavy (non-hydrogen) atoms. The number of halogens is 1. The fourth-order valence-corrected chi connectivity index (χ4v) is 1.18. The lowest BCUT2D eigenvalue weighted by molar-refractivity contribution is 0.130. The first kappa shape index (κ1) is 20.3. The van der Waals surface area contributed by atoms with Gasteiger partial charge < -0.3 is 4.74 Å². The van der Waals surface area contributed by atoms with Crippen molar-refractivity contribution in [3.05, 3.63) is 35.4 Å². The van der Waals surface area contributed by atoms with Crippen LogP contribution in [0.1, 0.15) is 67.7 Å². The lowest BCUT2D eigenvalue weighted by Gasteiger charge is -2.13. The Hall–Kier alpha value is -1.05. The Morgan fingerprint density at radius 1 is 1.26 bits per heavy atom. The number of hydrogen-bond donors (Lipinski definition) is 0. The van der Waals surface area contributed by atoms with Gasteiger partial charge in [-0.2, -0.15) is 0 Å². The number of allylic oxidation sites excluding steroid dienone is 5. The van der Waals surface area contributed by atoms with Crippen LogP contribution in [0.15, 0.2) is 35.4 Å². The van der Waals surface area contributed by atoms with Gasteiger partial charge in [0, 0.05) is 6.42 Å². The molecule has 0 aromatic rings. The van der Waals surface area contributed by atoms with E-state index in [1.165, 1.54) is 6.42 Å². The molecule has 0 N–H and O–H groups in total. The Bertz CT molecular complexity index is 300. The van der Waals surface area contributed by atoms with Crippen LogP contribution in [0.5, 0.6) is 0 Å². The van der Waals surface area contributed by atoms with Gasteiger partial charge in [0.15, 0.2) is 5.76 Å². The largest absolute Gasteiger partial charge is 0.488 e. The van der Waals surface area contributed by atoms with Crippen molar-refractivity contribution in [2.24, 2.45) is 0 Å². The third-order valence-corrected chi connectivity index (χ3v) is 2.21. The smallest absolute Gasteiger partial charge is 0.151 e. The van der Waals surface area contributed by atoms with Crippen molar-refractivity contribution in [3.8, 4) is 0 Å². The Labute approximate surface area is 119 Å². The van der Waals surface area contributed by atoms with Gasteiger partial charge in [0.25, 0.3) is 0 Å². The van der Waals surface area contributed by atoms with E-state index < -0.39 is 0 Å². The van der Waals surface area contributed by atoms with Gasteiger partial charge in [0.1, 0.15) is 5.83 Å². The minimum Gasteiger partial charge on any atom is -0.488 e. The first-order valence-electron chi connectivity index (χ1n) is 7.45. The van der Waals surface area contributed by atoms with Gasteiger partial charge in [-0.05, 0) is 31.9 Å². The number of rotatable bonds is 3. The highest BCUT2D eigenvalue weighted by Crippen LogP contribution is 2.21. The maximum Gasteiger partial charge on any atom is 0.151 e. The Kier molecular flexibility index (Phi) is 14.3. The van der Waals surface area contributed by atoms with Crippen LogP contribution in [-0.2, 0) is 4.74 Å². The van der Waals surface area contributed by atoms with Crippen LogP contribution in [0.25, 0.3) is 0 Å². The molecule has 0 radical (unpaired) electrons. The molecular weight excluding hydrogens is 239 g/mol. The Balaban J connectivity index is 0. The molecule has 1 unspecified atom stereocenters. The van der Waals surface area contributed by atoms with Crippen LogP contribution in [-0.4, -0.2) is 6.10 Å². The van der Waals surface area contributed by atoms with Crippen LogP contribution in [0.2, 0.25) is 0 Å². The van der Waals surface area contributed by atoms with E-state index >= 15 is 0 Å². The highest BCUT2D eigenvalue weighted by atomic mass is 19.1. The zero-order valence-corrected chi connectivity index (χ0v) is 13.7. The summed E-state index contributed by atoms with van der Waals surface area (Å²) in [6.07, 6.45) is 8.01. The third-order valence-electron chi connectivity index (χ3n) is 2.21. The van der Waals surface area contributed by atoms with Crippen molar-refractivity contribution >= 4 is 0 Å². The van der Waals surface area contributed by atoms with Crippen molar-refractivity contribution in [1.82, 2.24) is 0 Å². The average molecular weight is 270 g/mol. The van der Waals surface area contributed by atoms with E-state index in [4.69, 9.17) is 4.74 Å². The molecule has 1 nitrogen and oxygen atoms in total. The summed E-state index contributed by atoms with van der Waals surface area (Å²) in [5, 5.41) is 0. The minimum atomic E-state index is -0.182. The molecule has 0 spiro atoms. The summed E-state index contributed by atoms with van der Waals surface area (Å²) in [4.78, 5) is 0. The van der Waals surface area contributed by atoms with E-state index in [1.54, 1.807) is 6.08 Å². The summed E-state index contributed by atoms with van der Waals surface area (Å²) < 4.78 is 18.9.